The highest BCUT2D eigenvalue weighted by Crippen LogP contribution is 2.49. The van der Waals surface area contributed by atoms with Gasteiger partial charge in [0, 0.05) is 12.5 Å². The highest BCUT2D eigenvalue weighted by atomic mass is 16.6. The molecule has 1 aromatic heterocycles. The van der Waals surface area contributed by atoms with Crippen molar-refractivity contribution < 1.29 is 23.5 Å². The van der Waals surface area contributed by atoms with Crippen molar-refractivity contribution in [3.8, 4) is 22.4 Å². The number of benzene rings is 3. The fourth-order valence-corrected chi connectivity index (χ4v) is 4.29. The van der Waals surface area contributed by atoms with Crippen molar-refractivity contribution in [1.29, 1.82) is 0 Å². The van der Waals surface area contributed by atoms with E-state index in [0.29, 0.717) is 11.6 Å². The molecule has 1 N–H and O–H groups in total. The van der Waals surface area contributed by atoms with Crippen LogP contribution in [0, 0.1) is 6.92 Å². The molecule has 0 unspecified atom stereocenters. The van der Waals surface area contributed by atoms with Crippen LogP contribution < -0.4 is 5.32 Å². The lowest BCUT2D eigenvalue weighted by molar-refractivity contribution is -0.143. The zero-order valence-electron chi connectivity index (χ0n) is 20.1. The van der Waals surface area contributed by atoms with Crippen LogP contribution in [0.3, 0.4) is 0 Å². The second kappa shape index (κ2) is 9.70. The summed E-state index contributed by atoms with van der Waals surface area (Å²) < 4.78 is 15.9. The van der Waals surface area contributed by atoms with Gasteiger partial charge in [0.2, 0.25) is 5.88 Å². The van der Waals surface area contributed by atoms with Crippen molar-refractivity contribution in [3.63, 3.8) is 0 Å². The number of hydrogen-bond acceptors (Lipinski definition) is 6. The minimum atomic E-state index is -0.617. The van der Waals surface area contributed by atoms with Gasteiger partial charge in [0.05, 0.1) is 12.5 Å². The molecular formula is C29H26N2O5. The number of oxazole rings is 1. The molecule has 5 rings (SSSR count). The monoisotopic (exact) mass is 482 g/mol. The molecule has 0 radical (unpaired) electrons. The lowest BCUT2D eigenvalue weighted by Gasteiger charge is -2.13. The summed E-state index contributed by atoms with van der Waals surface area (Å²) in [5, 5.41) is 2.66. The standard InChI is InChI=1S/C29H26N2O5/c1-19-30-25(26(36-19)31-28(33)35-18-20-6-4-3-5-7-20)23-10-8-21(9-11-23)22-12-14-24(15-13-22)29(16-17-29)27(32)34-2/h3-15H,16-18H2,1-2H3,(H,31,33). The molecular weight excluding hydrogens is 456 g/mol. The normalized spacial score (nSPS) is 13.6. The van der Waals surface area contributed by atoms with Crippen molar-refractivity contribution in [2.24, 2.45) is 0 Å². The number of aromatic nitrogens is 1. The molecule has 36 heavy (non-hydrogen) atoms. The third-order valence-corrected chi connectivity index (χ3v) is 6.42. The van der Waals surface area contributed by atoms with Crippen molar-refractivity contribution in [2.45, 2.75) is 31.8 Å². The largest absolute Gasteiger partial charge is 0.468 e. The second-order valence-electron chi connectivity index (χ2n) is 8.83. The van der Waals surface area contributed by atoms with E-state index < -0.39 is 11.5 Å². The average molecular weight is 483 g/mol. The highest BCUT2D eigenvalue weighted by molar-refractivity contribution is 5.88. The van der Waals surface area contributed by atoms with Gasteiger partial charge in [-0.1, -0.05) is 78.9 Å². The van der Waals surface area contributed by atoms with E-state index in [1.54, 1.807) is 6.92 Å². The molecule has 3 aromatic carbocycles. The number of hydrogen-bond donors (Lipinski definition) is 1. The lowest BCUT2D eigenvalue weighted by Crippen LogP contribution is -2.21. The van der Waals surface area contributed by atoms with Crippen molar-refractivity contribution >= 4 is 17.9 Å². The van der Waals surface area contributed by atoms with Crippen molar-refractivity contribution in [2.75, 3.05) is 12.4 Å². The van der Waals surface area contributed by atoms with E-state index in [4.69, 9.17) is 13.9 Å². The first-order valence-electron chi connectivity index (χ1n) is 11.7. The Morgan fingerprint density at radius 2 is 1.53 bits per heavy atom. The molecule has 1 saturated carbocycles. The summed E-state index contributed by atoms with van der Waals surface area (Å²) in [7, 11) is 1.43. The minimum absolute atomic E-state index is 0.156. The number of carbonyl (C=O) groups is 2. The highest BCUT2D eigenvalue weighted by Gasteiger charge is 2.52. The van der Waals surface area contributed by atoms with E-state index in [2.05, 4.69) is 10.3 Å². The molecule has 7 heteroatoms. The molecule has 0 aliphatic heterocycles. The molecule has 0 spiro atoms. The SMILES string of the molecule is COC(=O)C1(c2ccc(-c3ccc(-c4nc(C)oc4NC(=O)OCc4ccccc4)cc3)cc2)CC1. The van der Waals surface area contributed by atoms with Gasteiger partial charge in [-0.2, -0.15) is 0 Å². The van der Waals surface area contributed by atoms with Gasteiger partial charge in [-0.25, -0.2) is 9.78 Å². The number of nitrogens with one attached hydrogen (secondary N) is 1. The molecule has 1 aliphatic rings. The molecule has 7 nitrogen and oxygen atoms in total. The van der Waals surface area contributed by atoms with Gasteiger partial charge < -0.3 is 13.9 Å². The Bertz CT molecular complexity index is 1370. The topological polar surface area (TPSA) is 90.7 Å². The summed E-state index contributed by atoms with van der Waals surface area (Å²) in [6, 6.07) is 25.3. The molecule has 1 fully saturated rings. The number of aryl methyl sites for hydroxylation is 1. The maximum Gasteiger partial charge on any atom is 0.414 e. The summed E-state index contributed by atoms with van der Waals surface area (Å²) in [4.78, 5) is 28.9. The maximum absolute atomic E-state index is 12.3. The Kier molecular flexibility index (Phi) is 6.29. The quantitative estimate of drug-likeness (QED) is 0.312. The number of esters is 1. The van der Waals surface area contributed by atoms with Gasteiger partial charge in [0.1, 0.15) is 12.3 Å². The van der Waals surface area contributed by atoms with Gasteiger partial charge in [0.15, 0.2) is 5.89 Å². The van der Waals surface area contributed by atoms with Crippen LogP contribution in [0.1, 0.15) is 29.9 Å². The van der Waals surface area contributed by atoms with Gasteiger partial charge in [-0.15, -0.1) is 0 Å². The van der Waals surface area contributed by atoms with E-state index in [9.17, 15) is 9.59 Å². The number of amides is 1. The Morgan fingerprint density at radius 1 is 0.917 bits per heavy atom. The maximum atomic E-state index is 12.3. The van der Waals surface area contributed by atoms with Gasteiger partial charge >= 0.3 is 12.1 Å². The summed E-state index contributed by atoms with van der Waals surface area (Å²) in [5.74, 6) is 0.499. The van der Waals surface area contributed by atoms with Crippen LogP contribution in [-0.4, -0.2) is 24.2 Å². The van der Waals surface area contributed by atoms with Crippen molar-refractivity contribution in [3.05, 3.63) is 95.9 Å². The first kappa shape index (κ1) is 23.4. The number of nitrogens with zero attached hydrogens (tertiary/aromatic N) is 1. The number of rotatable bonds is 7. The fraction of sp³-hybridized carbons (Fsp3) is 0.207. The minimum Gasteiger partial charge on any atom is -0.468 e. The van der Waals surface area contributed by atoms with E-state index in [1.807, 2.05) is 78.9 Å². The third kappa shape index (κ3) is 4.73. The van der Waals surface area contributed by atoms with Crippen LogP contribution in [0.25, 0.3) is 22.4 Å². The summed E-state index contributed by atoms with van der Waals surface area (Å²) >= 11 is 0. The first-order chi connectivity index (χ1) is 17.5. The smallest absolute Gasteiger partial charge is 0.414 e. The zero-order chi connectivity index (χ0) is 25.1. The molecule has 182 valence electrons. The van der Waals surface area contributed by atoms with Gasteiger partial charge in [-0.3, -0.25) is 10.1 Å². The van der Waals surface area contributed by atoms with E-state index in [0.717, 1.165) is 40.7 Å². The van der Waals surface area contributed by atoms with Gasteiger partial charge in [-0.05, 0) is 35.1 Å². The Labute approximate surface area is 209 Å². The van der Waals surface area contributed by atoms with Crippen LogP contribution in [-0.2, 0) is 26.3 Å². The average Bonchev–Trinajstić information content (AvgIpc) is 3.65. The van der Waals surface area contributed by atoms with E-state index in [1.165, 1.54) is 7.11 Å². The predicted molar refractivity (Wildman–Crippen MR) is 135 cm³/mol. The van der Waals surface area contributed by atoms with E-state index in [-0.39, 0.29) is 18.5 Å². The molecule has 4 aromatic rings. The van der Waals surface area contributed by atoms with Gasteiger partial charge in [0.25, 0.3) is 0 Å². The number of carbonyl (C=O) groups excluding carboxylic acids is 2. The Morgan fingerprint density at radius 3 is 2.14 bits per heavy atom. The Hall–Kier alpha value is -4.39. The first-order valence-corrected chi connectivity index (χ1v) is 11.7. The zero-order valence-corrected chi connectivity index (χ0v) is 20.1. The van der Waals surface area contributed by atoms with Crippen LogP contribution >= 0.6 is 0 Å². The molecule has 1 aliphatic carbocycles. The van der Waals surface area contributed by atoms with Crippen LogP contribution in [0.4, 0.5) is 10.7 Å². The van der Waals surface area contributed by atoms with Crippen molar-refractivity contribution in [1.82, 2.24) is 4.98 Å². The number of methoxy groups -OCH3 is 1. The lowest BCUT2D eigenvalue weighted by atomic mass is 9.93. The predicted octanol–water partition coefficient (Wildman–Crippen LogP) is 6.27. The second-order valence-corrected chi connectivity index (χ2v) is 8.83. The van der Waals surface area contributed by atoms with Crippen LogP contribution in [0.5, 0.6) is 0 Å². The number of anilines is 1. The Balaban J connectivity index is 1.28. The van der Waals surface area contributed by atoms with Crippen LogP contribution in [0.2, 0.25) is 0 Å². The van der Waals surface area contributed by atoms with Crippen LogP contribution in [0.15, 0.2) is 83.3 Å². The fourth-order valence-electron chi connectivity index (χ4n) is 4.29. The molecule has 0 atom stereocenters. The third-order valence-electron chi connectivity index (χ3n) is 6.42. The summed E-state index contributed by atoms with van der Waals surface area (Å²) in [6.45, 7) is 1.88. The molecule has 0 bridgehead atoms. The molecule has 1 amide bonds. The molecule has 0 saturated heterocycles. The molecule has 1 heterocycles. The number of ether oxygens (including phenoxy) is 2. The summed E-state index contributed by atoms with van der Waals surface area (Å²) in [5.41, 5.74) is 4.78. The summed E-state index contributed by atoms with van der Waals surface area (Å²) in [6.07, 6.45) is 1.02. The van der Waals surface area contributed by atoms with E-state index >= 15 is 0 Å².